The van der Waals surface area contributed by atoms with Crippen LogP contribution in [0.1, 0.15) is 53.9 Å². The summed E-state index contributed by atoms with van der Waals surface area (Å²) < 4.78 is 37.4. The molecule has 0 heterocycles. The summed E-state index contributed by atoms with van der Waals surface area (Å²) in [6.07, 6.45) is -2.39. The Morgan fingerprint density at radius 3 is 1.50 bits per heavy atom. The Balaban J connectivity index is 4.02. The summed E-state index contributed by atoms with van der Waals surface area (Å²) in [5.41, 5.74) is -1.42. The summed E-state index contributed by atoms with van der Waals surface area (Å²) in [6, 6.07) is 0. The lowest BCUT2D eigenvalue weighted by molar-refractivity contribution is -0.214. The van der Waals surface area contributed by atoms with Crippen LogP contribution < -0.4 is 0 Å². The van der Waals surface area contributed by atoms with Crippen molar-refractivity contribution in [1.29, 1.82) is 0 Å². The van der Waals surface area contributed by atoms with Gasteiger partial charge in [-0.15, -0.1) is 0 Å². The molecule has 0 saturated heterocycles. The van der Waals surface area contributed by atoms with Gasteiger partial charge in [-0.3, -0.25) is 0 Å². The maximum absolute atomic E-state index is 12.5. The Morgan fingerprint density at radius 2 is 1.21 bits per heavy atom. The van der Waals surface area contributed by atoms with Gasteiger partial charge in [-0.05, 0) is 18.3 Å². The van der Waals surface area contributed by atoms with Crippen molar-refractivity contribution in [2.75, 3.05) is 0 Å². The Bertz CT molecular complexity index is 172. The first-order chi connectivity index (χ1) is 5.96. The quantitative estimate of drug-likeness (QED) is 0.628. The van der Waals surface area contributed by atoms with Crippen molar-refractivity contribution in [3.8, 4) is 0 Å². The fraction of sp³-hybridized carbons (Fsp3) is 1.00. The Kier molecular flexibility index (Phi) is 4.05. The first-order valence-corrected chi connectivity index (χ1v) is 5.02. The van der Waals surface area contributed by atoms with Gasteiger partial charge in [-0.25, -0.2) is 0 Å². The first kappa shape index (κ1) is 13.8. The fourth-order valence-corrected chi connectivity index (χ4v) is 1.20. The predicted molar refractivity (Wildman–Crippen MR) is 53.1 cm³/mol. The van der Waals surface area contributed by atoms with Gasteiger partial charge >= 0.3 is 6.18 Å². The fourth-order valence-electron chi connectivity index (χ4n) is 1.20. The molecule has 3 heteroatoms. The van der Waals surface area contributed by atoms with E-state index in [-0.39, 0.29) is 11.8 Å². The van der Waals surface area contributed by atoms with Crippen LogP contribution in [0.4, 0.5) is 13.2 Å². The minimum absolute atomic E-state index is 0.127. The van der Waals surface area contributed by atoms with Crippen LogP contribution >= 0.6 is 0 Å². The molecule has 0 aliphatic rings. The van der Waals surface area contributed by atoms with E-state index >= 15 is 0 Å². The number of hydrogen-bond donors (Lipinski definition) is 0. The summed E-state index contributed by atoms with van der Waals surface area (Å²) in [7, 11) is 0. The number of rotatable bonds is 3. The van der Waals surface area contributed by atoms with Crippen LogP contribution in [0.3, 0.4) is 0 Å². The first-order valence-electron chi connectivity index (χ1n) is 5.02. The van der Waals surface area contributed by atoms with Crippen LogP contribution in [0.5, 0.6) is 0 Å². The SMILES string of the molecule is CC(C)(C)CCCC(C)(C)C(F)(F)F. The Morgan fingerprint density at radius 1 is 0.786 bits per heavy atom. The van der Waals surface area contributed by atoms with E-state index in [1.165, 1.54) is 13.8 Å². The van der Waals surface area contributed by atoms with Crippen LogP contribution in [0, 0.1) is 10.8 Å². The van der Waals surface area contributed by atoms with Crippen molar-refractivity contribution in [1.82, 2.24) is 0 Å². The van der Waals surface area contributed by atoms with Crippen LogP contribution in [0.2, 0.25) is 0 Å². The molecule has 86 valence electrons. The standard InChI is InChI=1S/C11H21F3/c1-9(2,3)7-6-8-10(4,5)11(12,13)14/h6-8H2,1-5H3. The average Bonchev–Trinajstić information content (AvgIpc) is 1.80. The number of halogens is 3. The van der Waals surface area contributed by atoms with E-state index in [1.54, 1.807) is 0 Å². The zero-order valence-electron chi connectivity index (χ0n) is 9.76. The van der Waals surface area contributed by atoms with E-state index < -0.39 is 11.6 Å². The van der Waals surface area contributed by atoms with Gasteiger partial charge in [0, 0.05) is 0 Å². The predicted octanol–water partition coefficient (Wildman–Crippen LogP) is 4.79. The van der Waals surface area contributed by atoms with Crippen LogP contribution in [0.15, 0.2) is 0 Å². The molecule has 0 aromatic heterocycles. The molecule has 0 unspecified atom stereocenters. The summed E-state index contributed by atoms with van der Waals surface area (Å²) >= 11 is 0. The van der Waals surface area contributed by atoms with Gasteiger partial charge in [0.25, 0.3) is 0 Å². The van der Waals surface area contributed by atoms with Gasteiger partial charge in [0.1, 0.15) is 0 Å². The number of hydrogen-bond acceptors (Lipinski definition) is 0. The van der Waals surface area contributed by atoms with Gasteiger partial charge in [-0.2, -0.15) is 13.2 Å². The summed E-state index contributed by atoms with van der Waals surface area (Å²) in [6.45, 7) is 8.69. The zero-order valence-corrected chi connectivity index (χ0v) is 9.76. The van der Waals surface area contributed by atoms with Gasteiger partial charge in [0.05, 0.1) is 5.41 Å². The molecule has 0 spiro atoms. The Hall–Kier alpha value is -0.210. The molecule has 0 aromatic rings. The van der Waals surface area contributed by atoms with Crippen LogP contribution in [-0.4, -0.2) is 6.18 Å². The normalized spacial score (nSPS) is 14.6. The highest BCUT2D eigenvalue weighted by atomic mass is 19.4. The van der Waals surface area contributed by atoms with Crippen molar-refractivity contribution in [2.24, 2.45) is 10.8 Å². The largest absolute Gasteiger partial charge is 0.393 e. The number of alkyl halides is 3. The highest BCUT2D eigenvalue weighted by Crippen LogP contribution is 2.42. The molecule has 0 radical (unpaired) electrons. The minimum atomic E-state index is -4.08. The lowest BCUT2D eigenvalue weighted by Gasteiger charge is -2.29. The van der Waals surface area contributed by atoms with E-state index in [1.807, 2.05) is 20.8 Å². The molecule has 0 fully saturated rings. The molecule has 0 aliphatic heterocycles. The topological polar surface area (TPSA) is 0 Å². The molecule has 0 atom stereocenters. The molecule has 0 rings (SSSR count). The van der Waals surface area contributed by atoms with Crippen molar-refractivity contribution < 1.29 is 13.2 Å². The summed E-state index contributed by atoms with van der Waals surface area (Å²) in [5, 5.41) is 0. The molecular formula is C11H21F3. The van der Waals surface area contributed by atoms with Crippen molar-refractivity contribution >= 4 is 0 Å². The third kappa shape index (κ3) is 4.87. The monoisotopic (exact) mass is 210 g/mol. The van der Waals surface area contributed by atoms with Crippen molar-refractivity contribution in [3.05, 3.63) is 0 Å². The molecule has 0 amide bonds. The molecule has 14 heavy (non-hydrogen) atoms. The second-order valence-corrected chi connectivity index (χ2v) is 5.80. The van der Waals surface area contributed by atoms with E-state index in [2.05, 4.69) is 0 Å². The maximum atomic E-state index is 12.5. The van der Waals surface area contributed by atoms with E-state index in [4.69, 9.17) is 0 Å². The smallest absolute Gasteiger partial charge is 0.171 e. The second-order valence-electron chi connectivity index (χ2n) is 5.80. The van der Waals surface area contributed by atoms with E-state index in [0.29, 0.717) is 6.42 Å². The molecule has 0 nitrogen and oxygen atoms in total. The zero-order chi connectivity index (χ0) is 11.6. The van der Waals surface area contributed by atoms with E-state index in [9.17, 15) is 13.2 Å². The van der Waals surface area contributed by atoms with E-state index in [0.717, 1.165) is 6.42 Å². The summed E-state index contributed by atoms with van der Waals surface area (Å²) in [5.74, 6) is 0. The molecule has 0 aliphatic carbocycles. The lowest BCUT2D eigenvalue weighted by Crippen LogP contribution is -2.32. The molecule has 0 saturated carbocycles. The molecule has 0 bridgehead atoms. The molecular weight excluding hydrogens is 189 g/mol. The van der Waals surface area contributed by atoms with Crippen LogP contribution in [0.25, 0.3) is 0 Å². The highest BCUT2D eigenvalue weighted by Gasteiger charge is 2.46. The van der Waals surface area contributed by atoms with Gasteiger partial charge in [0.2, 0.25) is 0 Å². The highest BCUT2D eigenvalue weighted by molar-refractivity contribution is 4.77. The second kappa shape index (κ2) is 4.11. The van der Waals surface area contributed by atoms with Gasteiger partial charge in [0.15, 0.2) is 0 Å². The van der Waals surface area contributed by atoms with Gasteiger partial charge in [-0.1, -0.05) is 41.0 Å². The van der Waals surface area contributed by atoms with Crippen molar-refractivity contribution in [2.45, 2.75) is 60.1 Å². The van der Waals surface area contributed by atoms with Crippen LogP contribution in [-0.2, 0) is 0 Å². The lowest BCUT2D eigenvalue weighted by atomic mass is 9.82. The average molecular weight is 210 g/mol. The third-order valence-corrected chi connectivity index (χ3v) is 2.50. The molecule has 0 aromatic carbocycles. The summed E-state index contributed by atoms with van der Waals surface area (Å²) in [4.78, 5) is 0. The third-order valence-electron chi connectivity index (χ3n) is 2.50. The minimum Gasteiger partial charge on any atom is -0.171 e. The Labute approximate surface area is 84.9 Å². The molecule has 0 N–H and O–H groups in total. The maximum Gasteiger partial charge on any atom is 0.393 e. The van der Waals surface area contributed by atoms with Gasteiger partial charge < -0.3 is 0 Å². The van der Waals surface area contributed by atoms with Crippen molar-refractivity contribution in [3.63, 3.8) is 0 Å².